The number of nitrogens with zero attached hydrogens (tertiary/aromatic N) is 3. The van der Waals surface area contributed by atoms with Crippen LogP contribution in [0.4, 0.5) is 0 Å². The lowest BCUT2D eigenvalue weighted by molar-refractivity contribution is -0.121. The van der Waals surface area contributed by atoms with Crippen molar-refractivity contribution in [1.29, 1.82) is 5.26 Å². The highest BCUT2D eigenvalue weighted by molar-refractivity contribution is 8.26. The van der Waals surface area contributed by atoms with E-state index >= 15 is 0 Å². The zero-order chi connectivity index (χ0) is 26.7. The van der Waals surface area contributed by atoms with Crippen molar-refractivity contribution >= 4 is 46.1 Å². The first-order valence-corrected chi connectivity index (χ1v) is 12.3. The number of Topliss-reactive ketones (excluding diaryl/α,β-unsaturated/α-hetero) is 1. The maximum Gasteiger partial charge on any atom is 0.271 e. The van der Waals surface area contributed by atoms with Crippen LogP contribution in [0.3, 0.4) is 0 Å². The number of carbonyl (C=O) groups is 2. The molecule has 2 aromatic carbocycles. The van der Waals surface area contributed by atoms with Gasteiger partial charge in [0.15, 0.2) is 5.78 Å². The van der Waals surface area contributed by atoms with Crippen molar-refractivity contribution in [2.75, 3.05) is 13.7 Å². The average molecular weight is 532 g/mol. The molecule has 0 bridgehead atoms. The Bertz CT molecular complexity index is 1540. The minimum atomic E-state index is -0.703. The number of hydrogen-bond acceptors (Lipinski definition) is 8. The number of thiocarbonyl (C=S) groups is 1. The van der Waals surface area contributed by atoms with E-state index in [2.05, 4.69) is 0 Å². The van der Waals surface area contributed by atoms with Gasteiger partial charge in [0.1, 0.15) is 21.7 Å². The quantitative estimate of drug-likeness (QED) is 0.278. The van der Waals surface area contributed by atoms with Crippen molar-refractivity contribution in [3.63, 3.8) is 0 Å². The van der Waals surface area contributed by atoms with Gasteiger partial charge in [0.25, 0.3) is 11.5 Å². The fourth-order valence-electron chi connectivity index (χ4n) is 3.91. The Morgan fingerprint density at radius 2 is 1.84 bits per heavy atom. The summed E-state index contributed by atoms with van der Waals surface area (Å²) in [4.78, 5) is 40.8. The largest absolute Gasteiger partial charge is 0.497 e. The number of methoxy groups -OCH3 is 1. The van der Waals surface area contributed by atoms with Gasteiger partial charge in [0, 0.05) is 0 Å². The second-order valence-electron chi connectivity index (χ2n) is 8.15. The maximum atomic E-state index is 13.4. The summed E-state index contributed by atoms with van der Waals surface area (Å²) in [5.41, 5.74) is 0.367. The third-order valence-electron chi connectivity index (χ3n) is 5.85. The van der Waals surface area contributed by atoms with Crippen molar-refractivity contribution in [2.24, 2.45) is 0 Å². The fourth-order valence-corrected chi connectivity index (χ4v) is 5.16. The molecule has 1 aromatic heterocycles. The Morgan fingerprint density at radius 1 is 1.16 bits per heavy atom. The van der Waals surface area contributed by atoms with E-state index in [9.17, 15) is 24.8 Å². The Hall–Kier alpha value is -4.20. The lowest BCUT2D eigenvalue weighted by Gasteiger charge is -2.18. The maximum absolute atomic E-state index is 13.4. The smallest absolute Gasteiger partial charge is 0.271 e. The van der Waals surface area contributed by atoms with Crippen LogP contribution in [0.15, 0.2) is 64.3 Å². The molecule has 3 aromatic rings. The van der Waals surface area contributed by atoms with Crippen LogP contribution in [-0.2, 0) is 11.3 Å². The normalized spacial score (nSPS) is 14.2. The van der Waals surface area contributed by atoms with Gasteiger partial charge in [0.05, 0.1) is 30.7 Å². The van der Waals surface area contributed by atoms with Crippen LogP contribution < -0.4 is 10.3 Å². The van der Waals surface area contributed by atoms with Gasteiger partial charge in [-0.15, -0.1) is 0 Å². The zero-order valence-electron chi connectivity index (χ0n) is 19.9. The molecule has 1 fully saturated rings. The highest BCUT2D eigenvalue weighted by Gasteiger charge is 2.35. The molecule has 1 saturated heterocycles. The summed E-state index contributed by atoms with van der Waals surface area (Å²) in [6.07, 6.45) is 1.67. The van der Waals surface area contributed by atoms with Gasteiger partial charge < -0.3 is 9.84 Å². The van der Waals surface area contributed by atoms with Crippen LogP contribution in [0.1, 0.15) is 32.6 Å². The lowest BCUT2D eigenvalue weighted by Crippen LogP contribution is -2.35. The number of hydrogen-bond donors (Lipinski definition) is 1. The summed E-state index contributed by atoms with van der Waals surface area (Å²) in [6.45, 7) is 0.938. The molecule has 10 heteroatoms. The van der Waals surface area contributed by atoms with Crippen LogP contribution in [0.2, 0.25) is 0 Å². The second-order valence-corrected chi connectivity index (χ2v) is 9.83. The summed E-state index contributed by atoms with van der Waals surface area (Å²) in [5, 5.41) is 20.6. The first kappa shape index (κ1) is 25.9. The van der Waals surface area contributed by atoms with Crippen LogP contribution in [0.5, 0.6) is 11.6 Å². The predicted molar refractivity (Wildman–Crippen MR) is 145 cm³/mol. The monoisotopic (exact) mass is 531 g/mol. The molecule has 0 unspecified atom stereocenters. The van der Waals surface area contributed by atoms with Crippen LogP contribution >= 0.6 is 24.0 Å². The summed E-state index contributed by atoms with van der Waals surface area (Å²) in [7, 11) is 1.56. The van der Waals surface area contributed by atoms with E-state index in [0.717, 1.165) is 26.8 Å². The number of amides is 1. The van der Waals surface area contributed by atoms with E-state index in [0.29, 0.717) is 16.2 Å². The number of aromatic hydroxyl groups is 1. The molecule has 0 saturated carbocycles. The van der Waals surface area contributed by atoms with Crippen molar-refractivity contribution in [3.8, 4) is 17.7 Å². The highest BCUT2D eigenvalue weighted by atomic mass is 32.2. The molecule has 1 aliphatic rings. The van der Waals surface area contributed by atoms with Crippen LogP contribution in [0, 0.1) is 18.3 Å². The van der Waals surface area contributed by atoms with Crippen molar-refractivity contribution < 1.29 is 19.4 Å². The van der Waals surface area contributed by atoms with Gasteiger partial charge in [-0.3, -0.25) is 23.9 Å². The Kier molecular flexibility index (Phi) is 7.57. The topological polar surface area (TPSA) is 113 Å². The second kappa shape index (κ2) is 10.8. The van der Waals surface area contributed by atoms with Gasteiger partial charge in [-0.2, -0.15) is 5.26 Å². The zero-order valence-corrected chi connectivity index (χ0v) is 21.6. The van der Waals surface area contributed by atoms with E-state index in [1.54, 1.807) is 61.7 Å². The Balaban J connectivity index is 1.65. The number of ether oxygens (including phenoxy) is 1. The Labute approximate surface area is 222 Å². The van der Waals surface area contributed by atoms with Crippen LogP contribution in [0.25, 0.3) is 6.08 Å². The van der Waals surface area contributed by atoms with Gasteiger partial charge in [-0.1, -0.05) is 66.4 Å². The van der Waals surface area contributed by atoms with E-state index in [4.69, 9.17) is 17.0 Å². The Morgan fingerprint density at radius 3 is 2.46 bits per heavy atom. The summed E-state index contributed by atoms with van der Waals surface area (Å²) in [6, 6.07) is 17.8. The molecule has 1 N–H and O–H groups in total. The molecule has 0 spiro atoms. The predicted octanol–water partition coefficient (Wildman–Crippen LogP) is 3.88. The van der Waals surface area contributed by atoms with E-state index < -0.39 is 29.7 Å². The summed E-state index contributed by atoms with van der Waals surface area (Å²) < 4.78 is 6.32. The number of thioether (sulfide) groups is 1. The molecule has 2 heterocycles. The summed E-state index contributed by atoms with van der Waals surface area (Å²) >= 11 is 6.41. The first-order valence-electron chi connectivity index (χ1n) is 11.1. The SMILES string of the molecule is COc1ccc(/C=C2\SC(=S)N(CC(=O)c3c(C)c(C#N)c(=O)n(Cc4ccccc4)c3O)C2=O)cc1. The number of rotatable bonds is 7. The van der Waals surface area contributed by atoms with Gasteiger partial charge >= 0.3 is 0 Å². The first-order chi connectivity index (χ1) is 17.7. The van der Waals surface area contributed by atoms with Crippen molar-refractivity contribution in [1.82, 2.24) is 9.47 Å². The van der Waals surface area contributed by atoms with E-state index in [-0.39, 0.29) is 27.6 Å². The number of nitriles is 1. The van der Waals surface area contributed by atoms with Crippen LogP contribution in [-0.4, -0.2) is 44.2 Å². The highest BCUT2D eigenvalue weighted by Crippen LogP contribution is 2.33. The molecule has 1 aliphatic heterocycles. The molecular weight excluding hydrogens is 510 g/mol. The fraction of sp³-hybridized carbons (Fsp3) is 0.148. The molecule has 37 heavy (non-hydrogen) atoms. The van der Waals surface area contributed by atoms with Gasteiger partial charge in [-0.05, 0) is 41.8 Å². The third kappa shape index (κ3) is 5.18. The van der Waals surface area contributed by atoms with Crippen molar-refractivity contribution in [2.45, 2.75) is 13.5 Å². The molecule has 1 amide bonds. The lowest BCUT2D eigenvalue weighted by atomic mass is 10.0. The summed E-state index contributed by atoms with van der Waals surface area (Å²) in [5.74, 6) is -0.977. The molecule has 0 atom stereocenters. The standard InChI is InChI=1S/C27H21N3O5S2/c1-16-20(13-28)24(32)29(14-18-6-4-3-5-7-18)26(34)23(16)21(31)15-30-25(33)22(37-27(30)36)12-17-8-10-19(35-2)11-9-17/h3-12,34H,14-15H2,1-2H3/b22-12-. The van der Waals surface area contributed by atoms with E-state index in [1.165, 1.54) is 6.92 Å². The molecule has 4 rings (SSSR count). The number of aromatic nitrogens is 1. The number of ketones is 1. The number of carbonyl (C=O) groups excluding carboxylic acids is 2. The molecule has 0 radical (unpaired) electrons. The number of benzene rings is 2. The number of pyridine rings is 1. The third-order valence-corrected chi connectivity index (χ3v) is 7.23. The van der Waals surface area contributed by atoms with Crippen molar-refractivity contribution in [3.05, 3.63) is 97.7 Å². The van der Waals surface area contributed by atoms with Gasteiger partial charge in [-0.25, -0.2) is 0 Å². The molecule has 8 nitrogen and oxygen atoms in total. The van der Waals surface area contributed by atoms with Gasteiger partial charge in [0.2, 0.25) is 5.88 Å². The molecule has 0 aliphatic carbocycles. The molecule has 186 valence electrons. The average Bonchev–Trinajstić information content (AvgIpc) is 3.15. The molecular formula is C27H21N3O5S2. The minimum Gasteiger partial charge on any atom is -0.497 e. The van der Waals surface area contributed by atoms with E-state index in [1.807, 2.05) is 12.1 Å². The minimum absolute atomic E-state index is 0.0353.